The minimum Gasteiger partial charge on any atom is -0.355 e. The first-order chi connectivity index (χ1) is 10.6. The van der Waals surface area contributed by atoms with Crippen LogP contribution < -0.4 is 21.3 Å². The molecule has 0 radical (unpaired) electrons. The van der Waals surface area contributed by atoms with E-state index in [1.165, 1.54) is 0 Å². The van der Waals surface area contributed by atoms with Gasteiger partial charge in [0.1, 0.15) is 6.04 Å². The largest absolute Gasteiger partial charge is 0.355 e. The van der Waals surface area contributed by atoms with E-state index in [-0.39, 0.29) is 17.4 Å². The minimum absolute atomic E-state index is 0.200. The van der Waals surface area contributed by atoms with E-state index in [0.29, 0.717) is 11.3 Å². The van der Waals surface area contributed by atoms with Crippen molar-refractivity contribution in [2.45, 2.75) is 39.3 Å². The number of hydrogen-bond donors (Lipinski definition) is 4. The molecule has 0 saturated carbocycles. The van der Waals surface area contributed by atoms with Crippen LogP contribution in [0.15, 0.2) is 24.3 Å². The zero-order valence-corrected chi connectivity index (χ0v) is 14.1. The maximum absolute atomic E-state index is 11.9. The Labute approximate surface area is 136 Å². The van der Waals surface area contributed by atoms with E-state index in [4.69, 9.17) is 0 Å². The number of amides is 4. The van der Waals surface area contributed by atoms with Crippen molar-refractivity contribution in [3.05, 3.63) is 29.8 Å². The number of carbonyl (C=O) groups is 3. The van der Waals surface area contributed by atoms with Crippen LogP contribution in [0.2, 0.25) is 0 Å². The summed E-state index contributed by atoms with van der Waals surface area (Å²) in [4.78, 5) is 35.2. The number of anilines is 1. The first-order valence-electron chi connectivity index (χ1n) is 7.34. The monoisotopic (exact) mass is 320 g/mol. The molecule has 1 rings (SSSR count). The Bertz CT molecular complexity index is 576. The zero-order valence-electron chi connectivity index (χ0n) is 14.1. The van der Waals surface area contributed by atoms with Crippen LogP contribution >= 0.6 is 0 Å². The van der Waals surface area contributed by atoms with Gasteiger partial charge in [0, 0.05) is 23.8 Å². The van der Waals surface area contributed by atoms with Gasteiger partial charge in [0.2, 0.25) is 5.91 Å². The molecule has 0 aliphatic heterocycles. The number of nitrogens with one attached hydrogen (secondary N) is 4. The van der Waals surface area contributed by atoms with Gasteiger partial charge in [0.25, 0.3) is 5.91 Å². The molecular formula is C16H24N4O3. The van der Waals surface area contributed by atoms with Crippen LogP contribution in [0.3, 0.4) is 0 Å². The predicted octanol–water partition coefficient (Wildman–Crippen LogP) is 1.47. The van der Waals surface area contributed by atoms with Crippen molar-refractivity contribution in [3.8, 4) is 0 Å². The van der Waals surface area contributed by atoms with Gasteiger partial charge >= 0.3 is 6.03 Å². The van der Waals surface area contributed by atoms with E-state index in [0.717, 1.165) is 0 Å². The second-order valence-electron chi connectivity index (χ2n) is 6.22. The number of rotatable bonds is 4. The van der Waals surface area contributed by atoms with Gasteiger partial charge in [0.15, 0.2) is 0 Å². The third-order valence-electron chi connectivity index (χ3n) is 2.87. The molecule has 1 aromatic carbocycles. The van der Waals surface area contributed by atoms with Gasteiger partial charge in [-0.1, -0.05) is 0 Å². The van der Waals surface area contributed by atoms with Crippen molar-refractivity contribution < 1.29 is 14.4 Å². The molecule has 0 saturated heterocycles. The highest BCUT2D eigenvalue weighted by atomic mass is 16.2. The lowest BCUT2D eigenvalue weighted by atomic mass is 10.1. The normalized spacial score (nSPS) is 12.0. The van der Waals surface area contributed by atoms with Gasteiger partial charge in [-0.2, -0.15) is 0 Å². The third-order valence-corrected chi connectivity index (χ3v) is 2.87. The highest BCUT2D eigenvalue weighted by Gasteiger charge is 2.20. The van der Waals surface area contributed by atoms with Crippen LogP contribution in [-0.2, 0) is 4.79 Å². The number of benzene rings is 1. The molecule has 0 unspecified atom stereocenters. The van der Waals surface area contributed by atoms with Crippen molar-refractivity contribution in [3.63, 3.8) is 0 Å². The lowest BCUT2D eigenvalue weighted by molar-refractivity contribution is -0.123. The van der Waals surface area contributed by atoms with Gasteiger partial charge in [-0.15, -0.1) is 0 Å². The van der Waals surface area contributed by atoms with E-state index in [1.54, 1.807) is 38.2 Å². The van der Waals surface area contributed by atoms with Crippen molar-refractivity contribution in [2.24, 2.45) is 0 Å². The molecule has 4 N–H and O–H groups in total. The van der Waals surface area contributed by atoms with Crippen LogP contribution in [0.5, 0.6) is 0 Å². The van der Waals surface area contributed by atoms with Crippen LogP contribution in [0.25, 0.3) is 0 Å². The maximum Gasteiger partial charge on any atom is 0.319 e. The number of hydrogen-bond acceptors (Lipinski definition) is 3. The summed E-state index contributed by atoms with van der Waals surface area (Å²) in [6, 6.07) is 5.27. The second-order valence-corrected chi connectivity index (χ2v) is 6.22. The Kier molecular flexibility index (Phi) is 6.12. The fraction of sp³-hybridized carbons (Fsp3) is 0.438. The van der Waals surface area contributed by atoms with Crippen LogP contribution in [0.4, 0.5) is 10.5 Å². The van der Waals surface area contributed by atoms with Crippen LogP contribution in [0, 0.1) is 0 Å². The molecule has 7 nitrogen and oxygen atoms in total. The molecule has 0 aliphatic rings. The quantitative estimate of drug-likeness (QED) is 0.676. The molecule has 0 heterocycles. The van der Waals surface area contributed by atoms with Crippen molar-refractivity contribution >= 4 is 23.5 Å². The van der Waals surface area contributed by atoms with Gasteiger partial charge in [-0.25, -0.2) is 4.79 Å². The maximum atomic E-state index is 11.9. The molecular weight excluding hydrogens is 296 g/mol. The Balaban J connectivity index is 2.56. The average molecular weight is 320 g/mol. The first-order valence-corrected chi connectivity index (χ1v) is 7.34. The van der Waals surface area contributed by atoms with Crippen LogP contribution in [0.1, 0.15) is 38.1 Å². The highest BCUT2D eigenvalue weighted by Crippen LogP contribution is 2.09. The van der Waals surface area contributed by atoms with E-state index >= 15 is 0 Å². The smallest absolute Gasteiger partial charge is 0.319 e. The molecule has 7 heteroatoms. The summed E-state index contributed by atoms with van der Waals surface area (Å²) in [6.45, 7) is 7.21. The molecule has 1 atom stereocenters. The van der Waals surface area contributed by atoms with E-state index in [2.05, 4.69) is 21.3 Å². The second kappa shape index (κ2) is 7.62. The summed E-state index contributed by atoms with van der Waals surface area (Å²) >= 11 is 0. The minimum atomic E-state index is -0.667. The predicted molar refractivity (Wildman–Crippen MR) is 89.3 cm³/mol. The molecule has 23 heavy (non-hydrogen) atoms. The topological polar surface area (TPSA) is 99.3 Å². The average Bonchev–Trinajstić information content (AvgIpc) is 2.45. The Morgan fingerprint density at radius 3 is 2.09 bits per heavy atom. The fourth-order valence-corrected chi connectivity index (χ4v) is 1.76. The molecule has 1 aromatic rings. The summed E-state index contributed by atoms with van der Waals surface area (Å²) in [5.41, 5.74) is 0.661. The van der Waals surface area contributed by atoms with Crippen molar-refractivity contribution in [2.75, 3.05) is 12.4 Å². The fourth-order valence-electron chi connectivity index (χ4n) is 1.76. The summed E-state index contributed by atoms with van der Waals surface area (Å²) in [7, 11) is 1.55. The standard InChI is InChI=1S/C16H24N4O3/c1-10(13(21)20-16(2,3)4)18-15(23)19-12-8-6-11(7-9-12)14(22)17-5/h6-10H,1-5H3,(H,17,22)(H,20,21)(H2,18,19,23)/t10-/m1/s1. The molecule has 0 fully saturated rings. The molecule has 0 bridgehead atoms. The van der Waals surface area contributed by atoms with Gasteiger partial charge < -0.3 is 21.3 Å². The molecule has 4 amide bonds. The SMILES string of the molecule is CNC(=O)c1ccc(NC(=O)N[C@H](C)C(=O)NC(C)(C)C)cc1. The summed E-state index contributed by atoms with van der Waals surface area (Å²) in [6.07, 6.45) is 0. The summed E-state index contributed by atoms with van der Waals surface area (Å²) in [5.74, 6) is -0.462. The van der Waals surface area contributed by atoms with Crippen molar-refractivity contribution in [1.82, 2.24) is 16.0 Å². The van der Waals surface area contributed by atoms with Crippen LogP contribution in [-0.4, -0.2) is 36.5 Å². The van der Waals surface area contributed by atoms with E-state index in [9.17, 15) is 14.4 Å². The van der Waals surface area contributed by atoms with Gasteiger partial charge in [-0.05, 0) is 52.0 Å². The Hall–Kier alpha value is -2.57. The van der Waals surface area contributed by atoms with Gasteiger partial charge in [-0.3, -0.25) is 9.59 Å². The van der Waals surface area contributed by atoms with E-state index < -0.39 is 12.1 Å². The summed E-state index contributed by atoms with van der Waals surface area (Å²) in [5, 5.41) is 10.5. The first kappa shape index (κ1) is 18.5. The molecule has 126 valence electrons. The van der Waals surface area contributed by atoms with E-state index in [1.807, 2.05) is 20.8 Å². The number of carbonyl (C=O) groups excluding carboxylic acids is 3. The Morgan fingerprint density at radius 1 is 1.04 bits per heavy atom. The van der Waals surface area contributed by atoms with Crippen molar-refractivity contribution in [1.29, 1.82) is 0 Å². The Morgan fingerprint density at radius 2 is 1.61 bits per heavy atom. The third kappa shape index (κ3) is 6.37. The van der Waals surface area contributed by atoms with Gasteiger partial charge in [0.05, 0.1) is 0 Å². The molecule has 0 aliphatic carbocycles. The molecule has 0 aromatic heterocycles. The lowest BCUT2D eigenvalue weighted by Gasteiger charge is -2.23. The lowest BCUT2D eigenvalue weighted by Crippen LogP contribution is -2.51. The summed E-state index contributed by atoms with van der Waals surface area (Å²) < 4.78 is 0. The molecule has 0 spiro atoms. The highest BCUT2D eigenvalue weighted by molar-refractivity contribution is 5.96. The number of urea groups is 1. The zero-order chi connectivity index (χ0) is 17.6.